The Kier molecular flexibility index (Phi) is 3.90. The Morgan fingerprint density at radius 2 is 1.88 bits per heavy atom. The van der Waals surface area contributed by atoms with Crippen molar-refractivity contribution < 1.29 is 14.0 Å². The van der Waals surface area contributed by atoms with Gasteiger partial charge in [0.1, 0.15) is 0 Å². The zero-order valence-corrected chi connectivity index (χ0v) is 14.5. The predicted octanol–water partition coefficient (Wildman–Crippen LogP) is 2.05. The van der Waals surface area contributed by atoms with E-state index in [0.29, 0.717) is 17.2 Å². The third-order valence-electron chi connectivity index (χ3n) is 4.62. The average molecular weight is 325 g/mol. The van der Waals surface area contributed by atoms with E-state index in [1.165, 1.54) is 0 Å². The summed E-state index contributed by atoms with van der Waals surface area (Å²) < 4.78 is 19.2. The molecule has 24 heavy (non-hydrogen) atoms. The molecule has 0 atom stereocenters. The highest BCUT2D eigenvalue weighted by atomic mass is 16.7. The Balaban J connectivity index is 1.99. The SMILES string of the molecule is COc1nc(B2OC(C)(C)C(C)(C)O2)cn1-c1cccc(C#N)c1. The maximum absolute atomic E-state index is 9.08. The maximum Gasteiger partial charge on any atom is 0.516 e. The molecule has 124 valence electrons. The van der Waals surface area contributed by atoms with Crippen LogP contribution in [0.4, 0.5) is 0 Å². The molecule has 0 bridgehead atoms. The van der Waals surface area contributed by atoms with Gasteiger partial charge in [0.25, 0.3) is 6.01 Å². The van der Waals surface area contributed by atoms with Crippen LogP contribution in [-0.4, -0.2) is 35.0 Å². The largest absolute Gasteiger partial charge is 0.516 e. The third kappa shape index (κ3) is 2.68. The highest BCUT2D eigenvalue weighted by Crippen LogP contribution is 2.36. The number of nitrogens with zero attached hydrogens (tertiary/aromatic N) is 3. The smallest absolute Gasteiger partial charge is 0.468 e. The van der Waals surface area contributed by atoms with E-state index < -0.39 is 18.3 Å². The van der Waals surface area contributed by atoms with Crippen molar-refractivity contribution in [3.05, 3.63) is 36.0 Å². The quantitative estimate of drug-likeness (QED) is 0.808. The molecule has 2 aromatic rings. The molecule has 7 heteroatoms. The Labute approximate surface area is 142 Å². The first-order valence-electron chi connectivity index (χ1n) is 7.77. The number of aromatic nitrogens is 2. The van der Waals surface area contributed by atoms with Crippen LogP contribution in [0.25, 0.3) is 5.69 Å². The Bertz CT molecular complexity index is 792. The van der Waals surface area contributed by atoms with Crippen LogP contribution in [0.1, 0.15) is 33.3 Å². The number of ether oxygens (including phenoxy) is 1. The third-order valence-corrected chi connectivity index (χ3v) is 4.62. The minimum Gasteiger partial charge on any atom is -0.468 e. The second kappa shape index (κ2) is 5.65. The molecule has 0 N–H and O–H groups in total. The molecule has 3 rings (SSSR count). The van der Waals surface area contributed by atoms with E-state index in [4.69, 9.17) is 19.3 Å². The van der Waals surface area contributed by atoms with Gasteiger partial charge in [0.2, 0.25) is 0 Å². The molecular formula is C17H20BN3O3. The van der Waals surface area contributed by atoms with E-state index in [1.54, 1.807) is 23.8 Å². The number of methoxy groups -OCH3 is 1. The van der Waals surface area contributed by atoms with Crippen molar-refractivity contribution in [1.29, 1.82) is 5.26 Å². The molecule has 0 spiro atoms. The van der Waals surface area contributed by atoms with Crippen molar-refractivity contribution in [3.63, 3.8) is 0 Å². The molecule has 1 fully saturated rings. The molecule has 1 saturated heterocycles. The molecule has 0 radical (unpaired) electrons. The summed E-state index contributed by atoms with van der Waals surface area (Å²) in [6.07, 6.45) is 1.82. The average Bonchev–Trinajstić information content (AvgIpc) is 3.06. The van der Waals surface area contributed by atoms with E-state index in [9.17, 15) is 0 Å². The monoisotopic (exact) mass is 325 g/mol. The summed E-state index contributed by atoms with van der Waals surface area (Å²) in [5, 5.41) is 9.08. The van der Waals surface area contributed by atoms with Gasteiger partial charge in [-0.25, -0.2) is 4.98 Å². The minimum atomic E-state index is -0.565. The molecule has 2 heterocycles. The summed E-state index contributed by atoms with van der Waals surface area (Å²) in [7, 11) is 0.991. The Morgan fingerprint density at radius 3 is 2.46 bits per heavy atom. The lowest BCUT2D eigenvalue weighted by atomic mass is 9.86. The second-order valence-electron chi connectivity index (χ2n) is 6.77. The zero-order valence-electron chi connectivity index (χ0n) is 14.5. The van der Waals surface area contributed by atoms with Crippen molar-refractivity contribution >= 4 is 12.7 Å². The number of hydrogen-bond acceptors (Lipinski definition) is 5. The van der Waals surface area contributed by atoms with Crippen LogP contribution in [0, 0.1) is 11.3 Å². The van der Waals surface area contributed by atoms with Crippen LogP contribution in [0.5, 0.6) is 6.01 Å². The maximum atomic E-state index is 9.08. The fraction of sp³-hybridized carbons (Fsp3) is 0.412. The normalized spacial score (nSPS) is 18.4. The summed E-state index contributed by atoms with van der Waals surface area (Å²) in [5.74, 6) is 0. The minimum absolute atomic E-state index is 0.412. The van der Waals surface area contributed by atoms with Gasteiger partial charge < -0.3 is 14.0 Å². The van der Waals surface area contributed by atoms with Crippen LogP contribution < -0.4 is 10.3 Å². The lowest BCUT2D eigenvalue weighted by Gasteiger charge is -2.32. The summed E-state index contributed by atoms with van der Waals surface area (Å²) in [6, 6.07) is 9.78. The summed E-state index contributed by atoms with van der Waals surface area (Å²) in [5.41, 5.74) is 1.12. The number of imidazole rings is 1. The highest BCUT2D eigenvalue weighted by molar-refractivity contribution is 6.61. The van der Waals surface area contributed by atoms with Gasteiger partial charge in [-0.3, -0.25) is 4.57 Å². The highest BCUT2D eigenvalue weighted by Gasteiger charge is 2.52. The van der Waals surface area contributed by atoms with Crippen LogP contribution >= 0.6 is 0 Å². The lowest BCUT2D eigenvalue weighted by Crippen LogP contribution is -2.41. The standard InChI is InChI=1S/C17H20BN3O3/c1-16(2)17(3,4)24-18(23-16)14-11-21(15(20-14)22-5)13-8-6-7-12(9-13)10-19/h6-9,11H,1-5H3. The first-order valence-corrected chi connectivity index (χ1v) is 7.77. The van der Waals surface area contributed by atoms with Crippen molar-refractivity contribution in [2.45, 2.75) is 38.9 Å². The summed E-state index contributed by atoms with van der Waals surface area (Å²) in [6.45, 7) is 7.99. The van der Waals surface area contributed by atoms with Crippen LogP contribution in [0.3, 0.4) is 0 Å². The van der Waals surface area contributed by atoms with Crippen molar-refractivity contribution in [1.82, 2.24) is 9.55 Å². The fourth-order valence-electron chi connectivity index (χ4n) is 2.51. The predicted molar refractivity (Wildman–Crippen MR) is 90.5 cm³/mol. The number of nitriles is 1. The van der Waals surface area contributed by atoms with Gasteiger partial charge in [-0.1, -0.05) is 6.07 Å². The van der Waals surface area contributed by atoms with E-state index in [0.717, 1.165) is 5.69 Å². The van der Waals surface area contributed by atoms with Gasteiger partial charge in [0.15, 0.2) is 0 Å². The van der Waals surface area contributed by atoms with Gasteiger partial charge in [0.05, 0.1) is 41.2 Å². The first-order chi connectivity index (χ1) is 11.3. The van der Waals surface area contributed by atoms with E-state index in [2.05, 4.69) is 11.1 Å². The molecule has 0 amide bonds. The van der Waals surface area contributed by atoms with Crippen LogP contribution in [0.2, 0.25) is 0 Å². The first kappa shape index (κ1) is 16.6. The lowest BCUT2D eigenvalue weighted by molar-refractivity contribution is 0.00578. The molecule has 0 unspecified atom stereocenters. The van der Waals surface area contributed by atoms with Gasteiger partial charge in [-0.2, -0.15) is 5.26 Å². The summed E-state index contributed by atoms with van der Waals surface area (Å²) in [4.78, 5) is 4.48. The zero-order chi connectivity index (χ0) is 17.5. The van der Waals surface area contributed by atoms with E-state index in [1.807, 2.05) is 46.0 Å². The van der Waals surface area contributed by atoms with Crippen molar-refractivity contribution in [2.24, 2.45) is 0 Å². The second-order valence-corrected chi connectivity index (χ2v) is 6.77. The van der Waals surface area contributed by atoms with Crippen LogP contribution in [-0.2, 0) is 9.31 Å². The molecule has 1 aliphatic rings. The van der Waals surface area contributed by atoms with E-state index in [-0.39, 0.29) is 0 Å². The molecule has 6 nitrogen and oxygen atoms in total. The number of rotatable bonds is 3. The van der Waals surface area contributed by atoms with Gasteiger partial charge in [-0.15, -0.1) is 0 Å². The van der Waals surface area contributed by atoms with Crippen LogP contribution in [0.15, 0.2) is 30.5 Å². The van der Waals surface area contributed by atoms with Gasteiger partial charge >= 0.3 is 7.12 Å². The molecule has 1 aromatic carbocycles. The Hall–Kier alpha value is -2.30. The molecule has 1 aliphatic heterocycles. The van der Waals surface area contributed by atoms with Gasteiger partial charge in [0, 0.05) is 6.20 Å². The molecule has 0 saturated carbocycles. The molecule has 0 aliphatic carbocycles. The summed E-state index contributed by atoms with van der Waals surface area (Å²) >= 11 is 0. The number of benzene rings is 1. The van der Waals surface area contributed by atoms with Crippen molar-refractivity contribution in [3.8, 4) is 17.8 Å². The van der Waals surface area contributed by atoms with Crippen molar-refractivity contribution in [2.75, 3.05) is 7.11 Å². The van der Waals surface area contributed by atoms with E-state index >= 15 is 0 Å². The molecule has 1 aromatic heterocycles. The van der Waals surface area contributed by atoms with Gasteiger partial charge in [-0.05, 0) is 45.9 Å². The number of hydrogen-bond donors (Lipinski definition) is 0. The molecular weight excluding hydrogens is 305 g/mol. The topological polar surface area (TPSA) is 69.3 Å². The fourth-order valence-corrected chi connectivity index (χ4v) is 2.51. The Morgan fingerprint density at radius 1 is 1.21 bits per heavy atom.